The minimum atomic E-state index is -0.963. The summed E-state index contributed by atoms with van der Waals surface area (Å²) in [5, 5.41) is 0. The predicted octanol–water partition coefficient (Wildman–Crippen LogP) is 1.59. The van der Waals surface area contributed by atoms with Crippen LogP contribution < -0.4 is 0 Å². The third-order valence-electron chi connectivity index (χ3n) is 2.24. The fraction of sp³-hybridized carbons (Fsp3) is 0.833. The maximum absolute atomic E-state index is 11.9. The van der Waals surface area contributed by atoms with Crippen molar-refractivity contribution in [2.75, 3.05) is 26.6 Å². The Morgan fingerprint density at radius 1 is 0.895 bits per heavy atom. The van der Waals surface area contributed by atoms with Gasteiger partial charge in [-0.3, -0.25) is 0 Å². The maximum atomic E-state index is 11.9. The Morgan fingerprint density at radius 3 is 1.53 bits per heavy atom. The lowest BCUT2D eigenvalue weighted by molar-refractivity contribution is -0.173. The Bertz CT molecular complexity index is 247. The lowest BCUT2D eigenvalue weighted by Crippen LogP contribution is -2.35. The second kappa shape index (κ2) is 10.7. The van der Waals surface area contributed by atoms with Crippen LogP contribution in [0.4, 0.5) is 8.78 Å². The SMILES string of the molecule is CCC(OC(CC)C(=O)OCCF)C(=O)OCCF. The standard InChI is InChI=1S/C12H20F2O5/c1-3-9(11(15)17-7-5-13)19-10(4-2)12(16)18-8-6-14/h9-10H,3-8H2,1-2H3. The second-order valence-electron chi connectivity index (χ2n) is 3.64. The zero-order valence-corrected chi connectivity index (χ0v) is 11.2. The van der Waals surface area contributed by atoms with E-state index in [1.165, 1.54) is 0 Å². The van der Waals surface area contributed by atoms with E-state index in [0.717, 1.165) is 0 Å². The molecule has 2 atom stereocenters. The Hall–Kier alpha value is -1.24. The van der Waals surface area contributed by atoms with Crippen LogP contribution in [0.1, 0.15) is 26.7 Å². The summed E-state index contributed by atoms with van der Waals surface area (Å²) in [6, 6.07) is 0. The molecule has 0 heterocycles. The third kappa shape index (κ3) is 7.05. The maximum Gasteiger partial charge on any atom is 0.335 e. The van der Waals surface area contributed by atoms with Crippen LogP contribution in [0.25, 0.3) is 0 Å². The Balaban J connectivity index is 4.38. The first kappa shape index (κ1) is 17.8. The summed E-state index contributed by atoms with van der Waals surface area (Å²) < 4.78 is 38.3. The minimum Gasteiger partial charge on any atom is -0.461 e. The van der Waals surface area contributed by atoms with Crippen molar-refractivity contribution in [3.8, 4) is 0 Å². The van der Waals surface area contributed by atoms with E-state index in [1.807, 2.05) is 0 Å². The summed E-state index contributed by atoms with van der Waals surface area (Å²) in [6.07, 6.45) is -1.38. The molecule has 0 saturated heterocycles. The van der Waals surface area contributed by atoms with E-state index in [0.29, 0.717) is 0 Å². The Kier molecular flexibility index (Phi) is 9.97. The van der Waals surface area contributed by atoms with Gasteiger partial charge in [0.25, 0.3) is 0 Å². The summed E-state index contributed by atoms with van der Waals surface area (Å²) in [6.45, 7) is 1.08. The minimum absolute atomic E-state index is 0.276. The molecule has 19 heavy (non-hydrogen) atoms. The molecule has 0 aliphatic carbocycles. The van der Waals surface area contributed by atoms with Gasteiger partial charge in [-0.2, -0.15) is 0 Å². The highest BCUT2D eigenvalue weighted by atomic mass is 19.1. The van der Waals surface area contributed by atoms with Crippen LogP contribution in [-0.4, -0.2) is 50.7 Å². The van der Waals surface area contributed by atoms with Gasteiger partial charge in [0.05, 0.1) is 0 Å². The predicted molar refractivity (Wildman–Crippen MR) is 63.1 cm³/mol. The van der Waals surface area contributed by atoms with E-state index in [2.05, 4.69) is 9.47 Å². The van der Waals surface area contributed by atoms with E-state index >= 15 is 0 Å². The van der Waals surface area contributed by atoms with Gasteiger partial charge < -0.3 is 14.2 Å². The van der Waals surface area contributed by atoms with Crippen molar-refractivity contribution in [3.05, 3.63) is 0 Å². The van der Waals surface area contributed by atoms with Gasteiger partial charge in [-0.25, -0.2) is 18.4 Å². The van der Waals surface area contributed by atoms with Gasteiger partial charge >= 0.3 is 11.9 Å². The summed E-state index contributed by atoms with van der Waals surface area (Å²) in [5.41, 5.74) is 0. The fourth-order valence-electron chi connectivity index (χ4n) is 1.30. The normalized spacial score (nSPS) is 13.7. The van der Waals surface area contributed by atoms with Gasteiger partial charge in [0.15, 0.2) is 12.2 Å². The van der Waals surface area contributed by atoms with Gasteiger partial charge in [-0.05, 0) is 12.8 Å². The molecule has 0 rings (SSSR count). The topological polar surface area (TPSA) is 61.8 Å². The van der Waals surface area contributed by atoms with Crippen LogP contribution in [0.3, 0.4) is 0 Å². The number of alkyl halides is 2. The molecule has 0 aromatic heterocycles. The van der Waals surface area contributed by atoms with E-state index in [9.17, 15) is 18.4 Å². The van der Waals surface area contributed by atoms with Gasteiger partial charge in [-0.1, -0.05) is 13.8 Å². The number of ether oxygens (including phenoxy) is 3. The molecule has 0 spiro atoms. The van der Waals surface area contributed by atoms with Crippen LogP contribution in [0.15, 0.2) is 0 Å². The first-order valence-corrected chi connectivity index (χ1v) is 6.21. The Labute approximate surface area is 111 Å². The molecule has 5 nitrogen and oxygen atoms in total. The lowest BCUT2D eigenvalue weighted by Gasteiger charge is -2.20. The molecular weight excluding hydrogens is 262 g/mol. The molecule has 7 heteroatoms. The first-order valence-electron chi connectivity index (χ1n) is 6.21. The van der Waals surface area contributed by atoms with Gasteiger partial charge in [0.1, 0.15) is 26.6 Å². The van der Waals surface area contributed by atoms with Crippen molar-refractivity contribution in [1.82, 2.24) is 0 Å². The molecule has 0 aromatic carbocycles. The largest absolute Gasteiger partial charge is 0.461 e. The highest BCUT2D eigenvalue weighted by Gasteiger charge is 2.27. The third-order valence-corrected chi connectivity index (χ3v) is 2.24. The van der Waals surface area contributed by atoms with Crippen molar-refractivity contribution in [1.29, 1.82) is 0 Å². The average Bonchev–Trinajstić information content (AvgIpc) is 2.43. The molecule has 2 unspecified atom stereocenters. The summed E-state index contributed by atoms with van der Waals surface area (Å²) in [4.78, 5) is 23.0. The van der Waals surface area contributed by atoms with E-state index in [1.54, 1.807) is 13.8 Å². The van der Waals surface area contributed by atoms with Crippen LogP contribution in [0.5, 0.6) is 0 Å². The lowest BCUT2D eigenvalue weighted by atomic mass is 10.2. The quantitative estimate of drug-likeness (QED) is 0.569. The number of halogens is 2. The molecule has 0 aromatic rings. The van der Waals surface area contributed by atoms with Crippen molar-refractivity contribution >= 4 is 11.9 Å². The van der Waals surface area contributed by atoms with Gasteiger partial charge in [0, 0.05) is 0 Å². The fourth-order valence-corrected chi connectivity index (χ4v) is 1.30. The summed E-state index contributed by atoms with van der Waals surface area (Å²) >= 11 is 0. The highest BCUT2D eigenvalue weighted by molar-refractivity contribution is 5.77. The molecule has 0 amide bonds. The molecular formula is C12H20F2O5. The van der Waals surface area contributed by atoms with E-state index in [4.69, 9.17) is 4.74 Å². The number of esters is 2. The summed E-state index contributed by atoms with van der Waals surface area (Å²) in [5.74, 6) is -1.45. The molecule has 0 N–H and O–H groups in total. The average molecular weight is 282 g/mol. The van der Waals surface area contributed by atoms with Gasteiger partial charge in [0.2, 0.25) is 0 Å². The highest BCUT2D eigenvalue weighted by Crippen LogP contribution is 2.10. The van der Waals surface area contributed by atoms with Crippen LogP contribution in [0, 0.1) is 0 Å². The smallest absolute Gasteiger partial charge is 0.335 e. The van der Waals surface area contributed by atoms with Crippen LogP contribution in [0.2, 0.25) is 0 Å². The number of hydrogen-bond acceptors (Lipinski definition) is 5. The van der Waals surface area contributed by atoms with Crippen molar-refractivity contribution < 1.29 is 32.6 Å². The zero-order chi connectivity index (χ0) is 14.7. The van der Waals surface area contributed by atoms with Crippen molar-refractivity contribution in [3.63, 3.8) is 0 Å². The Morgan fingerprint density at radius 2 is 1.26 bits per heavy atom. The number of rotatable bonds is 10. The van der Waals surface area contributed by atoms with Crippen molar-refractivity contribution in [2.45, 2.75) is 38.9 Å². The second-order valence-corrected chi connectivity index (χ2v) is 3.64. The monoisotopic (exact) mass is 282 g/mol. The molecule has 0 bridgehead atoms. The van der Waals surface area contributed by atoms with Crippen LogP contribution >= 0.6 is 0 Å². The molecule has 112 valence electrons. The zero-order valence-electron chi connectivity index (χ0n) is 11.2. The molecule has 0 aliphatic rings. The molecule has 0 aliphatic heterocycles. The van der Waals surface area contributed by atoms with Crippen LogP contribution in [-0.2, 0) is 23.8 Å². The molecule has 0 radical (unpaired) electrons. The number of hydrogen-bond donors (Lipinski definition) is 0. The molecule has 0 saturated carbocycles. The van der Waals surface area contributed by atoms with E-state index < -0.39 is 37.5 Å². The first-order chi connectivity index (χ1) is 9.10. The number of carbonyl (C=O) groups is 2. The molecule has 0 fully saturated rings. The van der Waals surface area contributed by atoms with Gasteiger partial charge in [-0.15, -0.1) is 0 Å². The van der Waals surface area contributed by atoms with E-state index in [-0.39, 0.29) is 26.1 Å². The summed E-state index contributed by atoms with van der Waals surface area (Å²) in [7, 11) is 0. The van der Waals surface area contributed by atoms with Crippen molar-refractivity contribution in [2.24, 2.45) is 0 Å². The number of carbonyl (C=O) groups excluding carboxylic acids is 2.